The predicted molar refractivity (Wildman–Crippen MR) is 24.3 cm³/mol. The first kappa shape index (κ1) is 5.89. The van der Waals surface area contributed by atoms with E-state index in [1.807, 2.05) is 0 Å². The number of halogens is 1. The van der Waals surface area contributed by atoms with Crippen molar-refractivity contribution in [3.05, 3.63) is 0 Å². The van der Waals surface area contributed by atoms with Crippen LogP contribution in [0.25, 0.3) is 0 Å². The summed E-state index contributed by atoms with van der Waals surface area (Å²) in [6, 6.07) is 0. The molecule has 0 aliphatic heterocycles. The number of nitrogens with zero attached hydrogens (tertiary/aromatic N) is 1. The molecule has 0 saturated heterocycles. The van der Waals surface area contributed by atoms with Gasteiger partial charge in [-0.15, -0.1) is 0 Å². The molecule has 0 bridgehead atoms. The summed E-state index contributed by atoms with van der Waals surface area (Å²) in [5.74, 6) is 0. The van der Waals surface area contributed by atoms with Gasteiger partial charge in [0.1, 0.15) is 0 Å². The highest BCUT2D eigenvalue weighted by molar-refractivity contribution is 4.35. The molecule has 1 nitrogen and oxygen atoms in total. The Hall–Kier alpha value is -0.110. The molecule has 0 saturated carbocycles. The first-order valence-corrected chi connectivity index (χ1v) is 2.22. The van der Waals surface area contributed by atoms with Crippen LogP contribution in [0.3, 0.4) is 0 Å². The van der Waals surface area contributed by atoms with Crippen LogP contribution in [-0.4, -0.2) is 13.1 Å². The molecular weight excluding hydrogens is 81.0 g/mol. The van der Waals surface area contributed by atoms with Crippen molar-refractivity contribution < 1.29 is 4.48 Å². The summed E-state index contributed by atoms with van der Waals surface area (Å²) in [7, 11) is 0. The van der Waals surface area contributed by atoms with Crippen LogP contribution in [0.15, 0.2) is 0 Å². The Bertz CT molecular complexity index is 26.7. The van der Waals surface area contributed by atoms with E-state index in [1.165, 1.54) is 0 Å². The van der Waals surface area contributed by atoms with Crippen LogP contribution in [0.1, 0.15) is 13.8 Å². The van der Waals surface area contributed by atoms with Crippen molar-refractivity contribution in [2.75, 3.05) is 13.1 Å². The topological polar surface area (TPSA) is 5.90 Å². The minimum absolute atomic E-state index is 0.497. The van der Waals surface area contributed by atoms with Gasteiger partial charge in [-0.25, -0.2) is 0 Å². The summed E-state index contributed by atoms with van der Waals surface area (Å²) in [5.41, 5.74) is 0. The maximum absolute atomic E-state index is 11.7. The number of hydrogen-bond acceptors (Lipinski definition) is 1. The van der Waals surface area contributed by atoms with E-state index in [9.17, 15) is 4.48 Å². The first-order chi connectivity index (χ1) is 2.81. The Balaban J connectivity index is 2.75. The third kappa shape index (κ3) is 2.15. The third-order valence-corrected chi connectivity index (χ3v) is 0.686. The van der Waals surface area contributed by atoms with Crippen molar-refractivity contribution in [2.24, 2.45) is 0 Å². The van der Waals surface area contributed by atoms with Gasteiger partial charge in [-0.3, -0.25) is 0 Å². The van der Waals surface area contributed by atoms with Gasteiger partial charge in [-0.2, -0.15) is 0 Å². The highest BCUT2D eigenvalue weighted by Crippen LogP contribution is 1.76. The Labute approximate surface area is 37.7 Å². The van der Waals surface area contributed by atoms with Crippen LogP contribution < -0.4 is 5.12 Å². The molecule has 0 fully saturated rings. The fourth-order valence-corrected chi connectivity index (χ4v) is 0.224. The molecule has 0 spiro atoms. The molecule has 1 radical (unpaired) electrons. The van der Waals surface area contributed by atoms with Crippen LogP contribution in [0, 0.1) is 0 Å². The smallest absolute Gasteiger partial charge is 0.00662 e. The summed E-state index contributed by atoms with van der Waals surface area (Å²) in [5, 5.41) is 0.750. The maximum Gasteiger partial charge on any atom is 0.164 e. The van der Waals surface area contributed by atoms with Crippen LogP contribution >= 0.6 is 0 Å². The lowest BCUT2D eigenvalue weighted by Gasteiger charge is -1.84. The predicted octanol–water partition coefficient (Wildman–Crippen LogP) is 1.05. The molecule has 6 heavy (non-hydrogen) atoms. The van der Waals surface area contributed by atoms with Crippen LogP contribution in [0.5, 0.6) is 0 Å². The van der Waals surface area contributed by atoms with Crippen molar-refractivity contribution in [1.29, 1.82) is 0 Å². The standard InChI is InChI=1S/C4H10FN/c1-3-6(5)4-2/h3-4H2,1-2H3/q+1. The van der Waals surface area contributed by atoms with E-state index in [4.69, 9.17) is 0 Å². The minimum atomic E-state index is 0.497. The fourth-order valence-electron chi connectivity index (χ4n) is 0.224. The van der Waals surface area contributed by atoms with Crippen molar-refractivity contribution >= 4 is 0 Å². The summed E-state index contributed by atoms with van der Waals surface area (Å²) in [6.45, 7) is 4.56. The van der Waals surface area contributed by atoms with Gasteiger partial charge in [-0.05, 0) is 13.8 Å². The van der Waals surface area contributed by atoms with Gasteiger partial charge in [0, 0.05) is 5.12 Å². The average Bonchev–Trinajstić information content (AvgIpc) is 1.65. The summed E-state index contributed by atoms with van der Waals surface area (Å²) in [4.78, 5) is 0. The van der Waals surface area contributed by atoms with E-state index in [1.54, 1.807) is 13.8 Å². The fraction of sp³-hybridized carbons (Fsp3) is 1.00. The highest BCUT2D eigenvalue weighted by Gasteiger charge is 2.02. The third-order valence-electron chi connectivity index (χ3n) is 0.686. The van der Waals surface area contributed by atoms with E-state index in [2.05, 4.69) is 0 Å². The molecule has 0 aromatic carbocycles. The molecule has 0 aromatic heterocycles. The quantitative estimate of drug-likeness (QED) is 0.448. The van der Waals surface area contributed by atoms with Crippen molar-refractivity contribution in [3.8, 4) is 0 Å². The summed E-state index contributed by atoms with van der Waals surface area (Å²) >= 11 is 0. The molecule has 0 heterocycles. The Morgan fingerprint density at radius 3 is 1.67 bits per heavy atom. The summed E-state index contributed by atoms with van der Waals surface area (Å²) < 4.78 is 11.7. The van der Waals surface area contributed by atoms with E-state index < -0.39 is 0 Å². The van der Waals surface area contributed by atoms with Gasteiger partial charge in [-0.1, -0.05) is 0 Å². The molecule has 2 heteroatoms. The van der Waals surface area contributed by atoms with Crippen LogP contribution in [-0.2, 0) is 0 Å². The van der Waals surface area contributed by atoms with Crippen LogP contribution in [0.2, 0.25) is 0 Å². The van der Waals surface area contributed by atoms with Gasteiger partial charge in [0.05, 0.1) is 4.48 Å². The Morgan fingerprint density at radius 1 is 1.33 bits per heavy atom. The second-order valence-corrected chi connectivity index (χ2v) is 1.10. The molecule has 0 N–H and O–H groups in total. The molecule has 0 amide bonds. The first-order valence-electron chi connectivity index (χ1n) is 2.22. The van der Waals surface area contributed by atoms with Gasteiger partial charge < -0.3 is 0 Å². The molecule has 0 aliphatic carbocycles. The van der Waals surface area contributed by atoms with Crippen molar-refractivity contribution in [1.82, 2.24) is 5.12 Å². The second kappa shape index (κ2) is 3.09. The second-order valence-electron chi connectivity index (χ2n) is 1.10. The van der Waals surface area contributed by atoms with E-state index >= 15 is 0 Å². The molecule has 0 aromatic rings. The zero-order valence-electron chi connectivity index (χ0n) is 4.24. The molecule has 37 valence electrons. The largest absolute Gasteiger partial charge is 0.164 e. The van der Waals surface area contributed by atoms with E-state index in [0.29, 0.717) is 13.1 Å². The maximum atomic E-state index is 11.7. The minimum Gasteiger partial charge on any atom is -0.00662 e. The molecule has 0 aliphatic rings. The van der Waals surface area contributed by atoms with Gasteiger partial charge in [0.25, 0.3) is 0 Å². The SMILES string of the molecule is CC[N+](F)CC. The lowest BCUT2D eigenvalue weighted by molar-refractivity contribution is 0.159. The average molecular weight is 91.1 g/mol. The lowest BCUT2D eigenvalue weighted by atomic mass is 10.7. The normalized spacial score (nSPS) is 10.0. The van der Waals surface area contributed by atoms with Crippen molar-refractivity contribution in [3.63, 3.8) is 0 Å². The van der Waals surface area contributed by atoms with Gasteiger partial charge in [0.15, 0.2) is 13.1 Å². The van der Waals surface area contributed by atoms with Crippen molar-refractivity contribution in [2.45, 2.75) is 13.8 Å². The Morgan fingerprint density at radius 2 is 1.67 bits per heavy atom. The Kier molecular flexibility index (Phi) is 3.04. The monoisotopic (exact) mass is 91.1 g/mol. The number of hydrogen-bond donors (Lipinski definition) is 0. The lowest BCUT2D eigenvalue weighted by Crippen LogP contribution is -2.17. The molecule has 0 rings (SSSR count). The highest BCUT2D eigenvalue weighted by atomic mass is 19.2. The molecule has 0 atom stereocenters. The number of rotatable bonds is 2. The van der Waals surface area contributed by atoms with Gasteiger partial charge >= 0.3 is 0 Å². The van der Waals surface area contributed by atoms with E-state index in [-0.39, 0.29) is 0 Å². The molecule has 0 unspecified atom stereocenters. The van der Waals surface area contributed by atoms with E-state index in [0.717, 1.165) is 5.12 Å². The molecular formula is C4H10FN+. The summed E-state index contributed by atoms with van der Waals surface area (Å²) in [6.07, 6.45) is 0. The zero-order valence-corrected chi connectivity index (χ0v) is 4.24. The van der Waals surface area contributed by atoms with Gasteiger partial charge in [0.2, 0.25) is 0 Å². The zero-order chi connectivity index (χ0) is 4.99. The van der Waals surface area contributed by atoms with Crippen LogP contribution in [0.4, 0.5) is 4.48 Å².